The molecule has 0 saturated heterocycles. The van der Waals surface area contributed by atoms with Crippen LogP contribution >= 0.6 is 11.8 Å². The minimum Gasteiger partial charge on any atom is -0.314 e. The maximum atomic E-state index is 11.3. The zero-order chi connectivity index (χ0) is 10.0. The third-order valence-electron chi connectivity index (χ3n) is 2.06. The summed E-state index contributed by atoms with van der Waals surface area (Å²) in [5.41, 5.74) is 6.96. The summed E-state index contributed by atoms with van der Waals surface area (Å²) >= 11 is 1.43. The van der Waals surface area contributed by atoms with E-state index in [0.29, 0.717) is 17.4 Å². The fourth-order valence-electron chi connectivity index (χ4n) is 1.10. The van der Waals surface area contributed by atoms with Gasteiger partial charge in [0.25, 0.3) is 5.56 Å². The van der Waals surface area contributed by atoms with Gasteiger partial charge in [-0.2, -0.15) is 4.98 Å². The summed E-state index contributed by atoms with van der Waals surface area (Å²) in [4.78, 5) is 15.2. The van der Waals surface area contributed by atoms with Crippen molar-refractivity contribution in [3.05, 3.63) is 21.6 Å². The second-order valence-electron chi connectivity index (χ2n) is 2.72. The number of nitrogens with zero attached hydrogens (tertiary/aromatic N) is 2. The molecule has 4 nitrogen and oxygen atoms in total. The van der Waals surface area contributed by atoms with E-state index in [1.165, 1.54) is 11.8 Å². The van der Waals surface area contributed by atoms with Gasteiger partial charge >= 0.3 is 0 Å². The average molecular weight is 199 g/mol. The highest BCUT2D eigenvalue weighted by Crippen LogP contribution is 2.12. The zero-order valence-corrected chi connectivity index (χ0v) is 8.81. The first-order valence-corrected chi connectivity index (χ1v) is 5.16. The predicted octanol–water partition coefficient (Wildman–Crippen LogP) is 0.498. The molecule has 0 unspecified atom stereocenters. The molecule has 0 aromatic carbocycles. The van der Waals surface area contributed by atoms with Crippen molar-refractivity contribution in [2.24, 2.45) is 5.73 Å². The van der Waals surface area contributed by atoms with Gasteiger partial charge in [-0.3, -0.25) is 4.79 Å². The molecule has 1 heterocycles. The Labute approximate surface area is 81.2 Å². The fraction of sp³-hybridized carbons (Fsp3) is 0.500. The number of rotatable bonds is 2. The van der Waals surface area contributed by atoms with Gasteiger partial charge in [0, 0.05) is 11.3 Å². The first-order valence-electron chi connectivity index (χ1n) is 3.94. The molecule has 0 aliphatic heterocycles. The Bertz CT molecular complexity index is 372. The Balaban J connectivity index is 3.48. The largest absolute Gasteiger partial charge is 0.314 e. The maximum absolute atomic E-state index is 11.3. The Hall–Kier alpha value is -0.810. The number of thioether (sulfide) groups is 1. The molecule has 72 valence electrons. The highest BCUT2D eigenvalue weighted by Gasteiger charge is 2.08. The van der Waals surface area contributed by atoms with Gasteiger partial charge in [-0.05, 0) is 20.1 Å². The fourth-order valence-corrected chi connectivity index (χ4v) is 1.71. The van der Waals surface area contributed by atoms with Gasteiger partial charge in [-0.25, -0.2) is 0 Å². The van der Waals surface area contributed by atoms with Crippen LogP contribution in [0.5, 0.6) is 0 Å². The van der Waals surface area contributed by atoms with Crippen LogP contribution < -0.4 is 11.3 Å². The lowest BCUT2D eigenvalue weighted by Crippen LogP contribution is -2.23. The number of hydrogen-bond donors (Lipinski definition) is 1. The van der Waals surface area contributed by atoms with Crippen LogP contribution in [0.25, 0.3) is 0 Å². The molecule has 0 amide bonds. The van der Waals surface area contributed by atoms with Crippen LogP contribution in [0.15, 0.2) is 9.95 Å². The van der Waals surface area contributed by atoms with E-state index in [-0.39, 0.29) is 5.56 Å². The van der Waals surface area contributed by atoms with E-state index in [4.69, 9.17) is 5.73 Å². The molecular formula is C8H13N3OS. The Morgan fingerprint density at radius 1 is 1.54 bits per heavy atom. The minimum absolute atomic E-state index is 0.161. The number of aromatic nitrogens is 2. The summed E-state index contributed by atoms with van der Waals surface area (Å²) < 4.78 is 1.83. The molecule has 0 aliphatic carbocycles. The van der Waals surface area contributed by atoms with Crippen LogP contribution in [0, 0.1) is 13.8 Å². The van der Waals surface area contributed by atoms with Crippen LogP contribution in [0.3, 0.4) is 0 Å². The standard InChI is InChI=1S/C8H13N3OS/c1-5-6(2)11(4-9)8(13-3)10-7(5)12/h4,9H2,1-3H3. The molecule has 1 aromatic rings. The number of hydrogen-bond acceptors (Lipinski definition) is 4. The van der Waals surface area contributed by atoms with E-state index in [0.717, 1.165) is 5.69 Å². The summed E-state index contributed by atoms with van der Waals surface area (Å²) in [7, 11) is 0. The smallest absolute Gasteiger partial charge is 0.276 e. The molecular weight excluding hydrogens is 186 g/mol. The van der Waals surface area contributed by atoms with Gasteiger partial charge in [0.15, 0.2) is 5.16 Å². The molecule has 0 atom stereocenters. The minimum atomic E-state index is -0.161. The van der Waals surface area contributed by atoms with Crippen molar-refractivity contribution in [2.75, 3.05) is 6.26 Å². The Kier molecular flexibility index (Phi) is 3.11. The quantitative estimate of drug-likeness (QED) is 0.556. The molecule has 13 heavy (non-hydrogen) atoms. The normalized spacial score (nSPS) is 10.5. The molecule has 0 spiro atoms. The van der Waals surface area contributed by atoms with Crippen LogP contribution in [-0.4, -0.2) is 15.8 Å². The van der Waals surface area contributed by atoms with Crippen LogP contribution in [0.4, 0.5) is 0 Å². The van der Waals surface area contributed by atoms with E-state index in [1.54, 1.807) is 6.92 Å². The van der Waals surface area contributed by atoms with Crippen molar-refractivity contribution < 1.29 is 0 Å². The lowest BCUT2D eigenvalue weighted by atomic mass is 10.3. The van der Waals surface area contributed by atoms with E-state index in [1.807, 2.05) is 17.7 Å². The molecule has 2 N–H and O–H groups in total. The molecule has 0 aliphatic rings. The molecule has 0 radical (unpaired) electrons. The van der Waals surface area contributed by atoms with Crippen molar-refractivity contribution in [2.45, 2.75) is 25.7 Å². The van der Waals surface area contributed by atoms with E-state index in [9.17, 15) is 4.79 Å². The van der Waals surface area contributed by atoms with E-state index >= 15 is 0 Å². The van der Waals surface area contributed by atoms with E-state index < -0.39 is 0 Å². The average Bonchev–Trinajstić information content (AvgIpc) is 2.13. The SMILES string of the molecule is CSc1nc(=O)c(C)c(C)n1CN. The van der Waals surface area contributed by atoms with E-state index in [2.05, 4.69) is 4.98 Å². The van der Waals surface area contributed by atoms with Gasteiger partial charge < -0.3 is 10.3 Å². The lowest BCUT2D eigenvalue weighted by Gasteiger charge is -2.13. The predicted molar refractivity (Wildman–Crippen MR) is 53.9 cm³/mol. The molecule has 5 heteroatoms. The van der Waals surface area contributed by atoms with Crippen molar-refractivity contribution in [3.63, 3.8) is 0 Å². The molecule has 1 rings (SSSR count). The molecule has 1 aromatic heterocycles. The monoisotopic (exact) mass is 199 g/mol. The van der Waals surface area contributed by atoms with Gasteiger partial charge in [0.05, 0.1) is 6.67 Å². The van der Waals surface area contributed by atoms with Gasteiger partial charge in [0.2, 0.25) is 0 Å². The van der Waals surface area contributed by atoms with Gasteiger partial charge in [-0.1, -0.05) is 11.8 Å². The summed E-state index contributed by atoms with van der Waals surface area (Å²) in [5.74, 6) is 0. The maximum Gasteiger partial charge on any atom is 0.276 e. The third kappa shape index (κ3) is 1.76. The first-order chi connectivity index (χ1) is 6.11. The van der Waals surface area contributed by atoms with Crippen LogP contribution in [-0.2, 0) is 6.67 Å². The summed E-state index contributed by atoms with van der Waals surface area (Å²) in [6, 6.07) is 0. The van der Waals surface area contributed by atoms with Crippen molar-refractivity contribution >= 4 is 11.8 Å². The highest BCUT2D eigenvalue weighted by molar-refractivity contribution is 7.98. The zero-order valence-electron chi connectivity index (χ0n) is 8.00. The van der Waals surface area contributed by atoms with Gasteiger partial charge in [-0.15, -0.1) is 0 Å². The first kappa shape index (κ1) is 10.3. The third-order valence-corrected chi connectivity index (χ3v) is 2.74. The van der Waals surface area contributed by atoms with Crippen LogP contribution in [0.1, 0.15) is 11.3 Å². The Morgan fingerprint density at radius 2 is 2.15 bits per heavy atom. The second-order valence-corrected chi connectivity index (χ2v) is 3.50. The van der Waals surface area contributed by atoms with Gasteiger partial charge in [0.1, 0.15) is 0 Å². The summed E-state index contributed by atoms with van der Waals surface area (Å²) in [5, 5.41) is 0.676. The van der Waals surface area contributed by atoms with Crippen molar-refractivity contribution in [3.8, 4) is 0 Å². The van der Waals surface area contributed by atoms with Crippen LogP contribution in [0.2, 0.25) is 0 Å². The highest BCUT2D eigenvalue weighted by atomic mass is 32.2. The summed E-state index contributed by atoms with van der Waals surface area (Å²) in [6.07, 6.45) is 1.88. The molecule has 0 saturated carbocycles. The topological polar surface area (TPSA) is 60.9 Å². The lowest BCUT2D eigenvalue weighted by molar-refractivity contribution is 0.596. The molecule has 0 bridgehead atoms. The second kappa shape index (κ2) is 3.93. The van der Waals surface area contributed by atoms with Crippen molar-refractivity contribution in [1.29, 1.82) is 0 Å². The summed E-state index contributed by atoms with van der Waals surface area (Å²) in [6.45, 7) is 4.00. The Morgan fingerprint density at radius 3 is 2.62 bits per heavy atom. The van der Waals surface area contributed by atoms with Crippen molar-refractivity contribution in [1.82, 2.24) is 9.55 Å². The molecule has 0 fully saturated rings. The number of nitrogens with two attached hydrogens (primary N) is 1.